The van der Waals surface area contributed by atoms with Crippen molar-refractivity contribution in [2.75, 3.05) is 19.8 Å². The van der Waals surface area contributed by atoms with Gasteiger partial charge in [0.2, 0.25) is 0 Å². The van der Waals surface area contributed by atoms with E-state index in [1.807, 2.05) is 0 Å². The molecule has 0 aromatic carbocycles. The quantitative estimate of drug-likeness (QED) is 0.0818. The third kappa shape index (κ3) is 16.3. The predicted octanol–water partition coefficient (Wildman–Crippen LogP) is 8.08. The Balaban J connectivity index is 4.21. The summed E-state index contributed by atoms with van der Waals surface area (Å²) in [6.07, 6.45) is 28.6. The maximum absolute atomic E-state index is 11.5. The smallest absolute Gasteiger partial charge is 0.0770 e. The maximum Gasteiger partial charge on any atom is 0.0770 e. The SMILES string of the molecule is CCCCCCCCCCCCCC(O)(CCCCCCCCCCCCC)C(CO)(CO)CO. The van der Waals surface area contributed by atoms with E-state index in [-0.39, 0.29) is 19.8 Å². The van der Waals surface area contributed by atoms with E-state index in [1.165, 1.54) is 116 Å². The molecule has 0 spiro atoms. The van der Waals surface area contributed by atoms with E-state index in [9.17, 15) is 20.4 Å². The lowest BCUT2D eigenvalue weighted by molar-refractivity contribution is -0.162. The third-order valence-electron chi connectivity index (χ3n) is 8.28. The number of aliphatic hydroxyl groups excluding tert-OH is 3. The van der Waals surface area contributed by atoms with Gasteiger partial charge in [0.15, 0.2) is 0 Å². The van der Waals surface area contributed by atoms with Crippen LogP contribution in [0, 0.1) is 5.41 Å². The molecule has 0 aromatic heterocycles. The van der Waals surface area contributed by atoms with E-state index in [0.29, 0.717) is 12.8 Å². The molecule has 4 nitrogen and oxygen atoms in total. The minimum absolute atomic E-state index is 0.382. The van der Waals surface area contributed by atoms with Crippen molar-refractivity contribution in [1.29, 1.82) is 0 Å². The molecule has 0 unspecified atom stereocenters. The molecule has 0 radical (unpaired) electrons. The van der Waals surface area contributed by atoms with Crippen LogP contribution in [0.4, 0.5) is 0 Å². The van der Waals surface area contributed by atoms with Crippen LogP contribution >= 0.6 is 0 Å². The summed E-state index contributed by atoms with van der Waals surface area (Å²) in [6.45, 7) is 3.36. The van der Waals surface area contributed by atoms with E-state index in [4.69, 9.17) is 0 Å². The molecular weight excluding hydrogens is 436 g/mol. The fourth-order valence-electron chi connectivity index (χ4n) is 5.41. The average molecular weight is 501 g/mol. The molecule has 0 aliphatic rings. The highest BCUT2D eigenvalue weighted by Gasteiger charge is 2.48. The van der Waals surface area contributed by atoms with Crippen molar-refractivity contribution in [3.63, 3.8) is 0 Å². The minimum atomic E-state index is -1.22. The number of unbranched alkanes of at least 4 members (excludes halogenated alkanes) is 20. The summed E-state index contributed by atoms with van der Waals surface area (Å²) < 4.78 is 0. The van der Waals surface area contributed by atoms with Crippen molar-refractivity contribution in [3.05, 3.63) is 0 Å². The summed E-state index contributed by atoms with van der Waals surface area (Å²) in [7, 11) is 0. The zero-order valence-electron chi connectivity index (χ0n) is 23.9. The molecule has 0 amide bonds. The number of aliphatic hydroxyl groups is 4. The van der Waals surface area contributed by atoms with Crippen molar-refractivity contribution >= 4 is 0 Å². The molecule has 212 valence electrons. The molecular formula is C31H64O4. The molecule has 0 saturated carbocycles. The first-order chi connectivity index (χ1) is 17.1. The van der Waals surface area contributed by atoms with Crippen molar-refractivity contribution in [1.82, 2.24) is 0 Å². The number of rotatable bonds is 28. The lowest BCUT2D eigenvalue weighted by atomic mass is 9.68. The van der Waals surface area contributed by atoms with Crippen molar-refractivity contribution in [2.45, 2.75) is 174 Å². The van der Waals surface area contributed by atoms with Gasteiger partial charge in [0, 0.05) is 0 Å². The van der Waals surface area contributed by atoms with Gasteiger partial charge in [0.05, 0.1) is 30.8 Å². The molecule has 0 aliphatic heterocycles. The van der Waals surface area contributed by atoms with Crippen LogP contribution in [0.1, 0.15) is 168 Å². The molecule has 35 heavy (non-hydrogen) atoms. The zero-order chi connectivity index (χ0) is 26.1. The summed E-state index contributed by atoms with van der Waals surface area (Å²) in [4.78, 5) is 0. The van der Waals surface area contributed by atoms with Gasteiger partial charge in [0.1, 0.15) is 0 Å². The van der Waals surface area contributed by atoms with Crippen LogP contribution in [0.2, 0.25) is 0 Å². The summed E-state index contributed by atoms with van der Waals surface area (Å²) in [5, 5.41) is 41.5. The molecule has 0 fully saturated rings. The number of hydrogen-bond donors (Lipinski definition) is 4. The summed E-state index contributed by atoms with van der Waals surface area (Å²) in [5.41, 5.74) is -2.42. The minimum Gasteiger partial charge on any atom is -0.395 e. The van der Waals surface area contributed by atoms with Gasteiger partial charge in [0.25, 0.3) is 0 Å². The maximum atomic E-state index is 11.5. The first kappa shape index (κ1) is 34.8. The molecule has 0 bridgehead atoms. The second-order valence-corrected chi connectivity index (χ2v) is 11.4. The van der Waals surface area contributed by atoms with E-state index < -0.39 is 11.0 Å². The Kier molecular flexibility index (Phi) is 24.1. The van der Waals surface area contributed by atoms with Crippen LogP contribution in [0.15, 0.2) is 0 Å². The van der Waals surface area contributed by atoms with E-state index in [2.05, 4.69) is 13.8 Å². The molecule has 0 heterocycles. The topological polar surface area (TPSA) is 80.9 Å². The van der Waals surface area contributed by atoms with Gasteiger partial charge in [-0.2, -0.15) is 0 Å². The molecule has 4 heteroatoms. The Hall–Kier alpha value is -0.160. The van der Waals surface area contributed by atoms with E-state index >= 15 is 0 Å². The lowest BCUT2D eigenvalue weighted by Crippen LogP contribution is -2.55. The fourth-order valence-corrected chi connectivity index (χ4v) is 5.41. The van der Waals surface area contributed by atoms with Gasteiger partial charge < -0.3 is 20.4 Å². The second kappa shape index (κ2) is 24.2. The van der Waals surface area contributed by atoms with E-state index in [0.717, 1.165) is 25.7 Å². The first-order valence-electron chi connectivity index (χ1n) is 15.6. The Morgan fingerprint density at radius 3 is 0.829 bits per heavy atom. The van der Waals surface area contributed by atoms with Gasteiger partial charge in [-0.1, -0.05) is 155 Å². The summed E-state index contributed by atoms with van der Waals surface area (Å²) >= 11 is 0. The van der Waals surface area contributed by atoms with Crippen LogP contribution in [-0.4, -0.2) is 45.8 Å². The van der Waals surface area contributed by atoms with Crippen LogP contribution in [0.25, 0.3) is 0 Å². The lowest BCUT2D eigenvalue weighted by Gasteiger charge is -2.44. The largest absolute Gasteiger partial charge is 0.395 e. The zero-order valence-corrected chi connectivity index (χ0v) is 23.9. The van der Waals surface area contributed by atoms with Gasteiger partial charge >= 0.3 is 0 Å². The molecule has 0 atom stereocenters. The highest BCUT2D eigenvalue weighted by atomic mass is 16.3. The van der Waals surface area contributed by atoms with Crippen LogP contribution in [0.5, 0.6) is 0 Å². The standard InChI is InChI=1S/C31H64O4/c1-3-5-7-9-11-13-15-17-19-21-23-25-31(35,30(27-32,28-33)29-34)26-24-22-20-18-16-14-12-10-8-6-4-2/h32-35H,3-29H2,1-2H3. The van der Waals surface area contributed by atoms with Crippen molar-refractivity contribution in [3.8, 4) is 0 Å². The highest BCUT2D eigenvalue weighted by Crippen LogP contribution is 2.39. The first-order valence-corrected chi connectivity index (χ1v) is 15.6. The number of hydrogen-bond acceptors (Lipinski definition) is 4. The van der Waals surface area contributed by atoms with E-state index in [1.54, 1.807) is 0 Å². The third-order valence-corrected chi connectivity index (χ3v) is 8.28. The van der Waals surface area contributed by atoms with Crippen molar-refractivity contribution in [2.24, 2.45) is 5.41 Å². The van der Waals surface area contributed by atoms with Crippen LogP contribution < -0.4 is 0 Å². The van der Waals surface area contributed by atoms with Gasteiger partial charge in [-0.15, -0.1) is 0 Å². The normalized spacial score (nSPS) is 12.5. The molecule has 0 aromatic rings. The van der Waals surface area contributed by atoms with Gasteiger partial charge in [-0.25, -0.2) is 0 Å². The molecule has 0 saturated heterocycles. The van der Waals surface area contributed by atoms with Gasteiger partial charge in [-0.3, -0.25) is 0 Å². The predicted molar refractivity (Wildman–Crippen MR) is 151 cm³/mol. The summed E-state index contributed by atoms with van der Waals surface area (Å²) in [6, 6.07) is 0. The summed E-state index contributed by atoms with van der Waals surface area (Å²) in [5.74, 6) is 0. The van der Waals surface area contributed by atoms with Crippen LogP contribution in [-0.2, 0) is 0 Å². The highest BCUT2D eigenvalue weighted by molar-refractivity contribution is 4.98. The molecule has 0 aliphatic carbocycles. The Bertz CT molecular complexity index is 388. The monoisotopic (exact) mass is 500 g/mol. The molecule has 4 N–H and O–H groups in total. The average Bonchev–Trinajstić information content (AvgIpc) is 2.87. The van der Waals surface area contributed by atoms with Gasteiger partial charge in [-0.05, 0) is 12.8 Å². The second-order valence-electron chi connectivity index (χ2n) is 11.4. The Morgan fingerprint density at radius 1 is 0.371 bits per heavy atom. The van der Waals surface area contributed by atoms with Crippen LogP contribution in [0.3, 0.4) is 0 Å². The molecule has 0 rings (SSSR count). The Morgan fingerprint density at radius 2 is 0.600 bits per heavy atom. The van der Waals surface area contributed by atoms with Crippen molar-refractivity contribution < 1.29 is 20.4 Å². The Labute approximate surface area is 219 Å². The fraction of sp³-hybridized carbons (Fsp3) is 1.00.